The van der Waals surface area contributed by atoms with Crippen LogP contribution in [0.15, 0.2) is 16.6 Å². The maximum Gasteiger partial charge on any atom is 0.303 e. The molecule has 1 amide bonds. The summed E-state index contributed by atoms with van der Waals surface area (Å²) in [5.41, 5.74) is 0.438. The molecule has 1 aliphatic rings. The van der Waals surface area contributed by atoms with E-state index in [0.717, 1.165) is 0 Å². The Morgan fingerprint density at radius 1 is 1.38 bits per heavy atom. The van der Waals surface area contributed by atoms with Crippen LogP contribution in [0.4, 0.5) is 0 Å². The molecule has 0 bridgehead atoms. The zero-order valence-electron chi connectivity index (χ0n) is 11.5. The monoisotopic (exact) mass is 357 g/mol. The van der Waals surface area contributed by atoms with E-state index < -0.39 is 5.97 Å². The van der Waals surface area contributed by atoms with Crippen molar-refractivity contribution in [2.45, 2.75) is 25.8 Å². The van der Waals surface area contributed by atoms with E-state index in [-0.39, 0.29) is 18.4 Å². The van der Waals surface area contributed by atoms with Crippen LogP contribution in [0, 0.1) is 0 Å². The van der Waals surface area contributed by atoms with Gasteiger partial charge in [-0.2, -0.15) is 0 Å². The van der Waals surface area contributed by atoms with Crippen LogP contribution in [0.3, 0.4) is 0 Å². The van der Waals surface area contributed by atoms with Gasteiger partial charge in [0.2, 0.25) is 0 Å². The molecule has 1 unspecified atom stereocenters. The summed E-state index contributed by atoms with van der Waals surface area (Å²) in [6.07, 6.45) is 0.402. The Balaban J connectivity index is 2.05. The van der Waals surface area contributed by atoms with E-state index >= 15 is 0 Å². The standard InChI is InChI=1S/C14H16BrNO5/c1-8(2-3-12(17)18)16-14(19)9-6-10(15)13-11(7-9)20-4-5-21-13/h6-8H,2-5H2,1H3,(H,16,19)(H,17,18). The average molecular weight is 358 g/mol. The lowest BCUT2D eigenvalue weighted by molar-refractivity contribution is -0.137. The van der Waals surface area contributed by atoms with Gasteiger partial charge in [-0.3, -0.25) is 9.59 Å². The zero-order chi connectivity index (χ0) is 15.4. The van der Waals surface area contributed by atoms with Crippen LogP contribution in [0.5, 0.6) is 11.5 Å². The van der Waals surface area contributed by atoms with Crippen molar-refractivity contribution in [1.29, 1.82) is 0 Å². The quantitative estimate of drug-likeness (QED) is 0.843. The van der Waals surface area contributed by atoms with Crippen molar-refractivity contribution in [2.24, 2.45) is 0 Å². The van der Waals surface area contributed by atoms with Gasteiger partial charge >= 0.3 is 5.97 Å². The number of aliphatic carboxylic acids is 1. The van der Waals surface area contributed by atoms with E-state index in [9.17, 15) is 9.59 Å². The molecule has 0 radical (unpaired) electrons. The number of amides is 1. The van der Waals surface area contributed by atoms with Crippen molar-refractivity contribution in [3.8, 4) is 11.5 Å². The van der Waals surface area contributed by atoms with E-state index in [1.807, 2.05) is 0 Å². The van der Waals surface area contributed by atoms with E-state index in [2.05, 4.69) is 21.2 Å². The van der Waals surface area contributed by atoms with Crippen molar-refractivity contribution in [3.05, 3.63) is 22.2 Å². The van der Waals surface area contributed by atoms with E-state index in [1.165, 1.54) is 0 Å². The number of rotatable bonds is 5. The number of nitrogens with one attached hydrogen (secondary N) is 1. The van der Waals surface area contributed by atoms with Crippen LogP contribution in [-0.4, -0.2) is 36.2 Å². The molecule has 1 aromatic rings. The Labute approximate surface area is 130 Å². The molecule has 1 heterocycles. The Hall–Kier alpha value is -1.76. The molecule has 0 aliphatic carbocycles. The topological polar surface area (TPSA) is 84.9 Å². The van der Waals surface area contributed by atoms with Crippen LogP contribution in [-0.2, 0) is 4.79 Å². The van der Waals surface area contributed by atoms with Crippen LogP contribution >= 0.6 is 15.9 Å². The van der Waals surface area contributed by atoms with E-state index in [4.69, 9.17) is 14.6 Å². The highest BCUT2D eigenvalue weighted by Crippen LogP contribution is 2.38. The molecule has 7 heteroatoms. The minimum atomic E-state index is -0.877. The van der Waals surface area contributed by atoms with Gasteiger partial charge in [0.15, 0.2) is 11.5 Å². The van der Waals surface area contributed by atoms with Crippen LogP contribution in [0.1, 0.15) is 30.1 Å². The number of carboxylic acid groups (broad SMARTS) is 1. The molecule has 114 valence electrons. The number of fused-ring (bicyclic) bond motifs is 1. The second kappa shape index (κ2) is 6.80. The number of benzene rings is 1. The van der Waals surface area contributed by atoms with E-state index in [0.29, 0.717) is 41.2 Å². The molecule has 0 fully saturated rings. The number of carbonyl (C=O) groups is 2. The Morgan fingerprint density at radius 3 is 2.81 bits per heavy atom. The van der Waals surface area contributed by atoms with Crippen molar-refractivity contribution in [1.82, 2.24) is 5.32 Å². The molecular formula is C14H16BrNO5. The minimum absolute atomic E-state index is 0.0201. The molecule has 0 saturated heterocycles. The Bertz CT molecular complexity index is 561. The van der Waals surface area contributed by atoms with Gasteiger partial charge in [0.05, 0.1) is 4.47 Å². The van der Waals surface area contributed by atoms with Crippen molar-refractivity contribution in [2.75, 3.05) is 13.2 Å². The molecule has 0 aromatic heterocycles. The van der Waals surface area contributed by atoms with Gasteiger partial charge in [-0.05, 0) is 41.4 Å². The molecule has 0 spiro atoms. The highest BCUT2D eigenvalue weighted by molar-refractivity contribution is 9.10. The first kappa shape index (κ1) is 15.6. The average Bonchev–Trinajstić information content (AvgIpc) is 2.45. The van der Waals surface area contributed by atoms with Gasteiger partial charge in [0, 0.05) is 18.0 Å². The minimum Gasteiger partial charge on any atom is -0.486 e. The summed E-state index contributed by atoms with van der Waals surface area (Å²) in [5, 5.41) is 11.4. The molecule has 2 N–H and O–H groups in total. The highest BCUT2D eigenvalue weighted by atomic mass is 79.9. The molecule has 1 aliphatic heterocycles. The maximum absolute atomic E-state index is 12.2. The Kier molecular flexibility index (Phi) is 5.06. The van der Waals surface area contributed by atoms with Gasteiger partial charge in [-0.15, -0.1) is 0 Å². The highest BCUT2D eigenvalue weighted by Gasteiger charge is 2.19. The van der Waals surface area contributed by atoms with Gasteiger partial charge in [-0.25, -0.2) is 0 Å². The maximum atomic E-state index is 12.2. The predicted molar refractivity (Wildman–Crippen MR) is 78.9 cm³/mol. The number of carboxylic acids is 1. The van der Waals surface area contributed by atoms with Gasteiger partial charge in [0.1, 0.15) is 13.2 Å². The van der Waals surface area contributed by atoms with Crippen LogP contribution in [0.25, 0.3) is 0 Å². The molecule has 2 rings (SSSR count). The smallest absolute Gasteiger partial charge is 0.303 e. The van der Waals surface area contributed by atoms with Crippen LogP contribution in [0.2, 0.25) is 0 Å². The van der Waals surface area contributed by atoms with Gasteiger partial charge < -0.3 is 19.9 Å². The molecule has 21 heavy (non-hydrogen) atoms. The Morgan fingerprint density at radius 2 is 2.10 bits per heavy atom. The zero-order valence-corrected chi connectivity index (χ0v) is 13.1. The molecular weight excluding hydrogens is 342 g/mol. The predicted octanol–water partition coefficient (Wildman–Crippen LogP) is 2.20. The summed E-state index contributed by atoms with van der Waals surface area (Å²) in [5.74, 6) is -0.0283. The number of ether oxygens (including phenoxy) is 2. The molecule has 0 saturated carbocycles. The first-order valence-electron chi connectivity index (χ1n) is 6.59. The first-order valence-corrected chi connectivity index (χ1v) is 7.38. The van der Waals surface area contributed by atoms with Gasteiger partial charge in [-0.1, -0.05) is 0 Å². The lowest BCUT2D eigenvalue weighted by Crippen LogP contribution is -2.33. The lowest BCUT2D eigenvalue weighted by atomic mass is 10.1. The van der Waals surface area contributed by atoms with Crippen molar-refractivity contribution >= 4 is 27.8 Å². The number of carbonyl (C=O) groups excluding carboxylic acids is 1. The number of hydrogen-bond donors (Lipinski definition) is 2. The SMILES string of the molecule is CC(CCC(=O)O)NC(=O)c1cc(Br)c2c(c1)OCCO2. The van der Waals surface area contributed by atoms with Gasteiger partial charge in [0.25, 0.3) is 5.91 Å². The summed E-state index contributed by atoms with van der Waals surface area (Å²) in [6, 6.07) is 3.06. The first-order chi connectivity index (χ1) is 9.97. The van der Waals surface area contributed by atoms with Crippen molar-refractivity contribution in [3.63, 3.8) is 0 Å². The summed E-state index contributed by atoms with van der Waals surface area (Å²) < 4.78 is 11.6. The number of hydrogen-bond acceptors (Lipinski definition) is 4. The molecule has 1 atom stereocenters. The second-order valence-corrected chi connectivity index (χ2v) is 5.64. The van der Waals surface area contributed by atoms with E-state index in [1.54, 1.807) is 19.1 Å². The fraction of sp³-hybridized carbons (Fsp3) is 0.429. The third kappa shape index (κ3) is 4.10. The molecule has 6 nitrogen and oxygen atoms in total. The summed E-state index contributed by atoms with van der Waals surface area (Å²) in [7, 11) is 0. The third-order valence-electron chi connectivity index (χ3n) is 3.03. The fourth-order valence-corrected chi connectivity index (χ4v) is 2.52. The normalized spacial score (nSPS) is 14.4. The largest absolute Gasteiger partial charge is 0.486 e. The summed E-state index contributed by atoms with van der Waals surface area (Å²) in [6.45, 7) is 2.69. The second-order valence-electron chi connectivity index (χ2n) is 4.79. The number of halogens is 1. The summed E-state index contributed by atoms with van der Waals surface area (Å²) >= 11 is 3.35. The van der Waals surface area contributed by atoms with Crippen LogP contribution < -0.4 is 14.8 Å². The summed E-state index contributed by atoms with van der Waals surface area (Å²) in [4.78, 5) is 22.7. The van der Waals surface area contributed by atoms with Crippen molar-refractivity contribution < 1.29 is 24.2 Å². The fourth-order valence-electron chi connectivity index (χ4n) is 1.96. The molecule has 1 aromatic carbocycles. The third-order valence-corrected chi connectivity index (χ3v) is 3.62. The lowest BCUT2D eigenvalue weighted by Gasteiger charge is -2.20.